The van der Waals surface area contributed by atoms with Crippen LogP contribution in [0.4, 0.5) is 18.9 Å². The number of aryl methyl sites for hydroxylation is 1. The molecular formula is C16H13F3N2OS. The summed E-state index contributed by atoms with van der Waals surface area (Å²) in [7, 11) is 0. The van der Waals surface area contributed by atoms with Gasteiger partial charge in [-0.15, -0.1) is 0 Å². The molecule has 0 unspecified atom stereocenters. The number of benzene rings is 1. The summed E-state index contributed by atoms with van der Waals surface area (Å²) in [6.07, 6.45) is -2.35. The maximum Gasteiger partial charge on any atom is 0.408 e. The van der Waals surface area contributed by atoms with Crippen molar-refractivity contribution in [3.05, 3.63) is 66.2 Å². The number of thiocarbonyl (C=S) groups is 1. The fourth-order valence-corrected chi connectivity index (χ4v) is 2.16. The first-order valence-corrected chi connectivity index (χ1v) is 7.03. The van der Waals surface area contributed by atoms with Crippen LogP contribution in [0, 0.1) is 6.92 Å². The number of hydrogen-bond donors (Lipinski definition) is 1. The van der Waals surface area contributed by atoms with Gasteiger partial charge in [0.2, 0.25) is 5.70 Å². The SMILES string of the molecule is Cc1ccc(NC(=S)/C(=C(/[O-])C(F)(F)F)[n+]2ccccc2)cc1. The van der Waals surface area contributed by atoms with Crippen LogP contribution in [0.3, 0.4) is 0 Å². The Balaban J connectivity index is 2.42. The van der Waals surface area contributed by atoms with Crippen molar-refractivity contribution in [3.8, 4) is 0 Å². The van der Waals surface area contributed by atoms with Crippen LogP contribution < -0.4 is 15.0 Å². The van der Waals surface area contributed by atoms with E-state index in [-0.39, 0.29) is 4.99 Å². The summed E-state index contributed by atoms with van der Waals surface area (Å²) in [6.45, 7) is 1.88. The van der Waals surface area contributed by atoms with Crippen molar-refractivity contribution >= 4 is 28.6 Å². The molecule has 0 fully saturated rings. The molecule has 2 aromatic rings. The monoisotopic (exact) mass is 338 g/mol. The largest absolute Gasteiger partial charge is 0.865 e. The van der Waals surface area contributed by atoms with Gasteiger partial charge in [-0.2, -0.15) is 17.7 Å². The standard InChI is InChI=1S/C16H13F3N2OS/c1-11-5-7-12(8-6-11)20-15(23)13(14(22)16(17,18)19)21-9-3-2-4-10-21/h2-10H,1H3,(H-,20,22,23). The molecule has 23 heavy (non-hydrogen) atoms. The van der Waals surface area contributed by atoms with E-state index in [4.69, 9.17) is 12.2 Å². The lowest BCUT2D eigenvalue weighted by molar-refractivity contribution is -0.582. The minimum atomic E-state index is -5.02. The lowest BCUT2D eigenvalue weighted by Gasteiger charge is -2.18. The van der Waals surface area contributed by atoms with E-state index in [1.165, 1.54) is 24.5 Å². The molecule has 0 aliphatic carbocycles. The molecule has 1 N–H and O–H groups in total. The van der Waals surface area contributed by atoms with Gasteiger partial charge in [0.05, 0.1) is 5.76 Å². The van der Waals surface area contributed by atoms with Crippen LogP contribution in [0.1, 0.15) is 5.56 Å². The van der Waals surface area contributed by atoms with Crippen molar-refractivity contribution in [3.63, 3.8) is 0 Å². The van der Waals surface area contributed by atoms with Gasteiger partial charge in [-0.1, -0.05) is 36.0 Å². The smallest absolute Gasteiger partial charge is 0.408 e. The first-order chi connectivity index (χ1) is 10.8. The minimum absolute atomic E-state index is 0.299. The van der Waals surface area contributed by atoms with Gasteiger partial charge >= 0.3 is 6.18 Å². The van der Waals surface area contributed by atoms with E-state index in [2.05, 4.69) is 5.32 Å². The van der Waals surface area contributed by atoms with Gasteiger partial charge in [-0.05, 0) is 19.1 Å². The number of anilines is 1. The number of pyridine rings is 1. The minimum Gasteiger partial charge on any atom is -0.865 e. The van der Waals surface area contributed by atoms with Crippen molar-refractivity contribution in [2.24, 2.45) is 0 Å². The highest BCUT2D eigenvalue weighted by molar-refractivity contribution is 7.81. The van der Waals surface area contributed by atoms with Gasteiger partial charge in [0.25, 0.3) is 0 Å². The molecule has 7 heteroatoms. The first-order valence-electron chi connectivity index (χ1n) is 6.62. The molecule has 0 aliphatic rings. The van der Waals surface area contributed by atoms with Crippen molar-refractivity contribution in [2.75, 3.05) is 5.32 Å². The van der Waals surface area contributed by atoms with E-state index >= 15 is 0 Å². The van der Waals surface area contributed by atoms with Crippen LogP contribution in [0.5, 0.6) is 0 Å². The number of rotatable bonds is 3. The topological polar surface area (TPSA) is 39.0 Å². The maximum atomic E-state index is 12.9. The van der Waals surface area contributed by atoms with Gasteiger partial charge in [0.15, 0.2) is 17.4 Å². The molecule has 120 valence electrons. The molecule has 0 spiro atoms. The second kappa shape index (κ2) is 6.78. The molecule has 0 radical (unpaired) electrons. The van der Waals surface area contributed by atoms with E-state index in [0.29, 0.717) is 5.69 Å². The summed E-state index contributed by atoms with van der Waals surface area (Å²) in [4.78, 5) is -0.299. The molecule has 0 bridgehead atoms. The second-order valence-electron chi connectivity index (χ2n) is 4.78. The Morgan fingerprint density at radius 1 is 1.09 bits per heavy atom. The van der Waals surface area contributed by atoms with Crippen LogP contribution in [0.15, 0.2) is 60.6 Å². The van der Waals surface area contributed by atoms with E-state index in [1.54, 1.807) is 30.3 Å². The van der Waals surface area contributed by atoms with Crippen LogP contribution in [-0.4, -0.2) is 11.2 Å². The van der Waals surface area contributed by atoms with Gasteiger partial charge in [-0.25, -0.2) is 0 Å². The van der Waals surface area contributed by atoms with E-state index in [0.717, 1.165) is 10.1 Å². The van der Waals surface area contributed by atoms with Crippen LogP contribution in [0.2, 0.25) is 0 Å². The zero-order valence-electron chi connectivity index (χ0n) is 12.1. The molecule has 1 aromatic carbocycles. The van der Waals surface area contributed by atoms with Crippen LogP contribution in [0.25, 0.3) is 5.70 Å². The second-order valence-corrected chi connectivity index (χ2v) is 5.19. The quantitative estimate of drug-likeness (QED) is 0.405. The highest BCUT2D eigenvalue weighted by Crippen LogP contribution is 2.25. The van der Waals surface area contributed by atoms with Crippen LogP contribution in [-0.2, 0) is 0 Å². The Morgan fingerprint density at radius 3 is 2.17 bits per heavy atom. The molecule has 0 atom stereocenters. The molecule has 0 saturated carbocycles. The van der Waals surface area contributed by atoms with Gasteiger partial charge in [-0.3, -0.25) is 0 Å². The average molecular weight is 338 g/mol. The lowest BCUT2D eigenvalue weighted by Crippen LogP contribution is -2.43. The molecule has 0 saturated heterocycles. The fourth-order valence-electron chi connectivity index (χ4n) is 1.85. The molecular weight excluding hydrogens is 325 g/mol. The number of nitrogens with one attached hydrogen (secondary N) is 1. The van der Waals surface area contributed by atoms with E-state index in [1.807, 2.05) is 6.92 Å². The Labute approximate surface area is 136 Å². The summed E-state index contributed by atoms with van der Waals surface area (Å²) in [6, 6.07) is 11.6. The summed E-state index contributed by atoms with van der Waals surface area (Å²) in [5, 5.41) is 14.4. The molecule has 3 nitrogen and oxygen atoms in total. The summed E-state index contributed by atoms with van der Waals surface area (Å²) >= 11 is 5.03. The summed E-state index contributed by atoms with van der Waals surface area (Å²) in [5.74, 6) is -2.00. The van der Waals surface area contributed by atoms with E-state index < -0.39 is 17.6 Å². The highest BCUT2D eigenvalue weighted by Gasteiger charge is 2.34. The van der Waals surface area contributed by atoms with Gasteiger partial charge in [0, 0.05) is 17.8 Å². The number of allylic oxidation sites excluding steroid dienone is 1. The maximum absolute atomic E-state index is 12.9. The molecule has 1 aromatic heterocycles. The van der Waals surface area contributed by atoms with Crippen molar-refractivity contribution < 1.29 is 22.8 Å². The van der Waals surface area contributed by atoms with Crippen molar-refractivity contribution in [1.29, 1.82) is 0 Å². The molecule has 2 rings (SSSR count). The number of hydrogen-bond acceptors (Lipinski definition) is 2. The molecule has 0 amide bonds. The zero-order chi connectivity index (χ0) is 17.0. The predicted octanol–water partition coefficient (Wildman–Crippen LogP) is 2.81. The lowest BCUT2D eigenvalue weighted by atomic mass is 10.2. The Bertz CT molecular complexity index is 725. The highest BCUT2D eigenvalue weighted by atomic mass is 32.1. The Morgan fingerprint density at radius 2 is 1.65 bits per heavy atom. The fraction of sp³-hybridized carbons (Fsp3) is 0.125. The third-order valence-corrected chi connectivity index (χ3v) is 3.27. The van der Waals surface area contributed by atoms with Crippen LogP contribution >= 0.6 is 12.2 Å². The number of aromatic nitrogens is 1. The zero-order valence-corrected chi connectivity index (χ0v) is 12.9. The van der Waals surface area contributed by atoms with Crippen molar-refractivity contribution in [1.82, 2.24) is 0 Å². The van der Waals surface area contributed by atoms with E-state index in [9.17, 15) is 18.3 Å². The number of halogens is 3. The Hall–Kier alpha value is -2.41. The third-order valence-electron chi connectivity index (χ3n) is 2.97. The van der Waals surface area contributed by atoms with Crippen molar-refractivity contribution in [2.45, 2.75) is 13.1 Å². The van der Waals surface area contributed by atoms with Gasteiger partial charge in [0.1, 0.15) is 0 Å². The predicted molar refractivity (Wildman–Crippen MR) is 83.3 cm³/mol. The molecule has 0 aliphatic heterocycles. The summed E-state index contributed by atoms with van der Waals surface area (Å²) in [5.41, 5.74) is 0.854. The average Bonchev–Trinajstić information content (AvgIpc) is 2.50. The third kappa shape index (κ3) is 4.29. The first kappa shape index (κ1) is 17.0. The molecule has 1 heterocycles. The summed E-state index contributed by atoms with van der Waals surface area (Å²) < 4.78 is 39.7. The Kier molecular flexibility index (Phi) is 5.00. The number of nitrogens with zero attached hydrogens (tertiary/aromatic N) is 1. The number of alkyl halides is 3. The normalized spacial score (nSPS) is 12.5. The van der Waals surface area contributed by atoms with Gasteiger partial charge < -0.3 is 10.4 Å².